The van der Waals surface area contributed by atoms with Crippen LogP contribution in [0.5, 0.6) is 0 Å². The molecule has 5 nitrogen and oxygen atoms in total. The number of amides is 2. The number of benzene rings is 1. The lowest BCUT2D eigenvalue weighted by atomic mass is 10.0. The van der Waals surface area contributed by atoms with Gasteiger partial charge < -0.3 is 10.6 Å². The van der Waals surface area contributed by atoms with Gasteiger partial charge in [-0.15, -0.1) is 11.3 Å². The summed E-state index contributed by atoms with van der Waals surface area (Å²) in [6.45, 7) is 0. The molecule has 2 amide bonds. The van der Waals surface area contributed by atoms with Crippen LogP contribution in [0.4, 0.5) is 5.13 Å². The molecule has 0 saturated carbocycles. The summed E-state index contributed by atoms with van der Waals surface area (Å²) in [6, 6.07) is 8.40. The molecule has 3 rings (SSSR count). The lowest BCUT2D eigenvalue weighted by Gasteiger charge is -2.17. The molecule has 0 saturated heterocycles. The van der Waals surface area contributed by atoms with Crippen molar-refractivity contribution in [3.05, 3.63) is 46.5 Å². The van der Waals surface area contributed by atoms with Crippen molar-refractivity contribution in [3.8, 4) is 0 Å². The third-order valence-corrected chi connectivity index (χ3v) is 6.06. The largest absolute Gasteiger partial charge is 0.340 e. The summed E-state index contributed by atoms with van der Waals surface area (Å²) in [4.78, 5) is 31.0. The number of carbonyl (C=O) groups is 2. The Kier molecular flexibility index (Phi) is 6.68. The molecule has 0 unspecified atom stereocenters. The molecule has 1 aromatic carbocycles. The van der Waals surface area contributed by atoms with Crippen LogP contribution >= 0.6 is 23.1 Å². The summed E-state index contributed by atoms with van der Waals surface area (Å²) in [6.07, 6.45) is 6.95. The van der Waals surface area contributed by atoms with Gasteiger partial charge >= 0.3 is 0 Å². The quantitative estimate of drug-likeness (QED) is 0.760. The standard InChI is InChI=1S/C19H23N3O2S2/c1-25-12-11-15(20-17(23)13-7-3-2-4-8-13)18(24)22-19-21-14-9-5-6-10-16(14)26-19/h2-4,7-8,15H,5-6,9-12H2,1H3,(H,20,23)(H,21,22,24)/t15-/m1/s1. The molecule has 0 fully saturated rings. The van der Waals surface area contributed by atoms with Gasteiger partial charge in [-0.05, 0) is 56.2 Å². The Morgan fingerprint density at radius 2 is 2.00 bits per heavy atom. The molecule has 0 radical (unpaired) electrons. The summed E-state index contributed by atoms with van der Waals surface area (Å²) < 4.78 is 0. The van der Waals surface area contributed by atoms with Crippen molar-refractivity contribution in [1.82, 2.24) is 10.3 Å². The zero-order valence-corrected chi connectivity index (χ0v) is 16.4. The van der Waals surface area contributed by atoms with Crippen molar-refractivity contribution in [2.24, 2.45) is 0 Å². The van der Waals surface area contributed by atoms with Crippen LogP contribution in [0.25, 0.3) is 0 Å². The van der Waals surface area contributed by atoms with Crippen molar-refractivity contribution >= 4 is 40.0 Å². The van der Waals surface area contributed by atoms with Crippen LogP contribution < -0.4 is 10.6 Å². The second kappa shape index (κ2) is 9.19. The van der Waals surface area contributed by atoms with Gasteiger partial charge in [-0.1, -0.05) is 18.2 Å². The van der Waals surface area contributed by atoms with E-state index in [1.807, 2.05) is 24.5 Å². The second-order valence-corrected chi connectivity index (χ2v) is 8.33. The molecule has 1 aliphatic carbocycles. The third-order valence-electron chi connectivity index (χ3n) is 4.34. The van der Waals surface area contributed by atoms with Crippen LogP contribution in [-0.4, -0.2) is 34.8 Å². The van der Waals surface area contributed by atoms with E-state index < -0.39 is 6.04 Å². The van der Waals surface area contributed by atoms with Gasteiger partial charge in [0.25, 0.3) is 5.91 Å². The maximum atomic E-state index is 12.7. The number of anilines is 1. The molecule has 26 heavy (non-hydrogen) atoms. The van der Waals surface area contributed by atoms with E-state index in [0.717, 1.165) is 30.7 Å². The van der Waals surface area contributed by atoms with Crippen LogP contribution in [0.1, 0.15) is 40.2 Å². The molecule has 1 atom stereocenters. The van der Waals surface area contributed by atoms with Crippen molar-refractivity contribution in [2.75, 3.05) is 17.3 Å². The van der Waals surface area contributed by atoms with Gasteiger partial charge in [-0.25, -0.2) is 4.98 Å². The first kappa shape index (κ1) is 18.9. The van der Waals surface area contributed by atoms with E-state index in [1.54, 1.807) is 35.2 Å². The Morgan fingerprint density at radius 1 is 1.23 bits per heavy atom. The lowest BCUT2D eigenvalue weighted by molar-refractivity contribution is -0.118. The van der Waals surface area contributed by atoms with E-state index in [2.05, 4.69) is 15.6 Å². The summed E-state index contributed by atoms with van der Waals surface area (Å²) in [5.74, 6) is 0.362. The van der Waals surface area contributed by atoms with E-state index in [-0.39, 0.29) is 11.8 Å². The first-order valence-electron chi connectivity index (χ1n) is 8.81. The Hall–Kier alpha value is -1.86. The highest BCUT2D eigenvalue weighted by Gasteiger charge is 2.23. The van der Waals surface area contributed by atoms with Gasteiger partial charge in [0.2, 0.25) is 5.91 Å². The number of hydrogen-bond acceptors (Lipinski definition) is 5. The Labute approximate surface area is 162 Å². The van der Waals surface area contributed by atoms with E-state index in [1.165, 1.54) is 11.3 Å². The zero-order chi connectivity index (χ0) is 18.4. The van der Waals surface area contributed by atoms with Crippen LogP contribution in [-0.2, 0) is 17.6 Å². The fourth-order valence-electron chi connectivity index (χ4n) is 2.93. The number of hydrogen-bond donors (Lipinski definition) is 2. The van der Waals surface area contributed by atoms with Gasteiger partial charge in [-0.3, -0.25) is 9.59 Å². The second-order valence-electron chi connectivity index (χ2n) is 6.26. The first-order valence-corrected chi connectivity index (χ1v) is 11.0. The summed E-state index contributed by atoms with van der Waals surface area (Å²) in [7, 11) is 0. The van der Waals surface area contributed by atoms with E-state index in [9.17, 15) is 9.59 Å². The highest BCUT2D eigenvalue weighted by molar-refractivity contribution is 7.98. The highest BCUT2D eigenvalue weighted by Crippen LogP contribution is 2.29. The maximum absolute atomic E-state index is 12.7. The molecule has 138 valence electrons. The van der Waals surface area contributed by atoms with Crippen LogP contribution in [0.3, 0.4) is 0 Å². The van der Waals surface area contributed by atoms with E-state index in [4.69, 9.17) is 0 Å². The third kappa shape index (κ3) is 4.86. The molecule has 2 N–H and O–H groups in total. The molecule has 0 bridgehead atoms. The number of thiazole rings is 1. The molecule has 0 spiro atoms. The highest BCUT2D eigenvalue weighted by atomic mass is 32.2. The van der Waals surface area contributed by atoms with E-state index >= 15 is 0 Å². The molecule has 1 heterocycles. The van der Waals surface area contributed by atoms with Crippen molar-refractivity contribution in [2.45, 2.75) is 38.1 Å². The fraction of sp³-hybridized carbons (Fsp3) is 0.421. The summed E-state index contributed by atoms with van der Waals surface area (Å²) in [5.41, 5.74) is 1.67. The van der Waals surface area contributed by atoms with Crippen LogP contribution in [0.15, 0.2) is 30.3 Å². The predicted molar refractivity (Wildman–Crippen MR) is 108 cm³/mol. The average Bonchev–Trinajstić information content (AvgIpc) is 3.07. The number of fused-ring (bicyclic) bond motifs is 1. The van der Waals surface area contributed by atoms with Gasteiger partial charge in [0.05, 0.1) is 5.69 Å². The summed E-state index contributed by atoms with van der Waals surface area (Å²) in [5, 5.41) is 6.42. The van der Waals surface area contributed by atoms with Gasteiger partial charge in [0, 0.05) is 10.4 Å². The normalized spacial score (nSPS) is 14.3. The molecule has 0 aliphatic heterocycles. The lowest BCUT2D eigenvalue weighted by Crippen LogP contribution is -2.44. The SMILES string of the molecule is CSCC[C@@H](NC(=O)c1ccccc1)C(=O)Nc1nc2c(s1)CCCC2. The average molecular weight is 390 g/mol. The molecular weight excluding hydrogens is 366 g/mol. The smallest absolute Gasteiger partial charge is 0.251 e. The molecule has 7 heteroatoms. The first-order chi connectivity index (χ1) is 12.7. The Bertz CT molecular complexity index is 738. The summed E-state index contributed by atoms with van der Waals surface area (Å²) >= 11 is 3.21. The number of rotatable bonds is 7. The number of carbonyl (C=O) groups excluding carboxylic acids is 2. The minimum atomic E-state index is -0.573. The molecular formula is C19H23N3O2S2. The van der Waals surface area contributed by atoms with Gasteiger partial charge in [0.1, 0.15) is 6.04 Å². The molecule has 2 aromatic rings. The number of nitrogens with zero attached hydrogens (tertiary/aromatic N) is 1. The monoisotopic (exact) mass is 389 g/mol. The maximum Gasteiger partial charge on any atom is 0.251 e. The van der Waals surface area contributed by atoms with Crippen molar-refractivity contribution < 1.29 is 9.59 Å². The molecule has 1 aliphatic rings. The minimum absolute atomic E-state index is 0.200. The topological polar surface area (TPSA) is 71.1 Å². The zero-order valence-electron chi connectivity index (χ0n) is 14.8. The number of thioether (sulfide) groups is 1. The van der Waals surface area contributed by atoms with E-state index in [0.29, 0.717) is 17.1 Å². The minimum Gasteiger partial charge on any atom is -0.340 e. The number of nitrogens with one attached hydrogen (secondary N) is 2. The van der Waals surface area contributed by atoms with Gasteiger partial charge in [0.15, 0.2) is 5.13 Å². The number of aromatic nitrogens is 1. The Morgan fingerprint density at radius 3 is 2.73 bits per heavy atom. The van der Waals surface area contributed by atoms with Crippen molar-refractivity contribution in [3.63, 3.8) is 0 Å². The van der Waals surface area contributed by atoms with Gasteiger partial charge in [-0.2, -0.15) is 11.8 Å². The Balaban J connectivity index is 1.67. The van der Waals surface area contributed by atoms with Crippen LogP contribution in [0.2, 0.25) is 0 Å². The number of aryl methyl sites for hydroxylation is 2. The molecule has 1 aromatic heterocycles. The van der Waals surface area contributed by atoms with Crippen LogP contribution in [0, 0.1) is 0 Å². The fourth-order valence-corrected chi connectivity index (χ4v) is 4.46. The van der Waals surface area contributed by atoms with Crippen molar-refractivity contribution in [1.29, 1.82) is 0 Å². The predicted octanol–water partition coefficient (Wildman–Crippen LogP) is 3.51.